The number of amides is 2. The van der Waals surface area contributed by atoms with E-state index in [-0.39, 0.29) is 17.6 Å². The fourth-order valence-electron chi connectivity index (χ4n) is 2.67. The van der Waals surface area contributed by atoms with Crippen LogP contribution >= 0.6 is 35.0 Å². The minimum Gasteiger partial charge on any atom is -0.360 e. The molecule has 1 saturated heterocycles. The van der Waals surface area contributed by atoms with Crippen LogP contribution in [0.15, 0.2) is 47.4 Å². The van der Waals surface area contributed by atoms with Crippen LogP contribution in [-0.4, -0.2) is 37.2 Å². The van der Waals surface area contributed by atoms with Crippen LogP contribution in [0.1, 0.15) is 5.56 Å². The van der Waals surface area contributed by atoms with Crippen molar-refractivity contribution >= 4 is 52.5 Å². The highest BCUT2D eigenvalue weighted by molar-refractivity contribution is 8.00. The van der Waals surface area contributed by atoms with Crippen molar-refractivity contribution in [2.24, 2.45) is 0 Å². The van der Waals surface area contributed by atoms with E-state index in [0.29, 0.717) is 29.7 Å². The standard InChI is InChI=1S/C19H19Cl2N3O2S/c20-14-3-6-16(21)17(9-14)27-12-19(26)23-10-13-1-4-15(5-2-13)24-8-7-22-18(25)11-24/h1-6,9H,7-8,10-12H2,(H,22,25)(H,23,26). The first kappa shape index (κ1) is 19.9. The Bertz CT molecular complexity index is 830. The van der Waals surface area contributed by atoms with Crippen LogP contribution in [0.2, 0.25) is 10.0 Å². The molecule has 1 aliphatic rings. The number of piperazine rings is 1. The maximum Gasteiger partial charge on any atom is 0.239 e. The van der Waals surface area contributed by atoms with Gasteiger partial charge in [0.2, 0.25) is 11.8 Å². The van der Waals surface area contributed by atoms with Crippen LogP contribution in [0.3, 0.4) is 0 Å². The molecule has 27 heavy (non-hydrogen) atoms. The van der Waals surface area contributed by atoms with Crippen LogP contribution < -0.4 is 15.5 Å². The molecule has 5 nitrogen and oxygen atoms in total. The second kappa shape index (κ2) is 9.35. The van der Waals surface area contributed by atoms with E-state index in [0.717, 1.165) is 22.7 Å². The fraction of sp³-hybridized carbons (Fsp3) is 0.263. The number of halogens is 2. The number of hydrogen-bond donors (Lipinski definition) is 2. The topological polar surface area (TPSA) is 61.4 Å². The van der Waals surface area contributed by atoms with Crippen molar-refractivity contribution in [3.8, 4) is 0 Å². The first-order chi connectivity index (χ1) is 13.0. The lowest BCUT2D eigenvalue weighted by Crippen LogP contribution is -2.47. The third-order valence-electron chi connectivity index (χ3n) is 4.08. The summed E-state index contributed by atoms with van der Waals surface area (Å²) < 4.78 is 0. The molecule has 0 spiro atoms. The minimum absolute atomic E-state index is 0.0369. The SMILES string of the molecule is O=C(CSc1cc(Cl)ccc1Cl)NCc1ccc(N2CCNC(=O)C2)cc1. The lowest BCUT2D eigenvalue weighted by molar-refractivity contribution is -0.120. The van der Waals surface area contributed by atoms with E-state index >= 15 is 0 Å². The Morgan fingerprint density at radius 2 is 1.96 bits per heavy atom. The van der Waals surface area contributed by atoms with E-state index in [9.17, 15) is 9.59 Å². The number of hydrogen-bond acceptors (Lipinski definition) is 4. The Kier molecular flexibility index (Phi) is 6.88. The molecule has 1 heterocycles. The average Bonchev–Trinajstić information content (AvgIpc) is 2.67. The molecule has 142 valence electrons. The molecule has 2 N–H and O–H groups in total. The molecule has 0 atom stereocenters. The number of benzene rings is 2. The van der Waals surface area contributed by atoms with Crippen molar-refractivity contribution in [3.05, 3.63) is 58.1 Å². The van der Waals surface area contributed by atoms with Gasteiger partial charge < -0.3 is 15.5 Å². The van der Waals surface area contributed by atoms with Gasteiger partial charge in [0.15, 0.2) is 0 Å². The van der Waals surface area contributed by atoms with E-state index in [1.54, 1.807) is 18.2 Å². The molecule has 8 heteroatoms. The van der Waals surface area contributed by atoms with Gasteiger partial charge in [-0.05, 0) is 35.9 Å². The molecule has 2 aromatic carbocycles. The zero-order valence-corrected chi connectivity index (χ0v) is 16.8. The van der Waals surface area contributed by atoms with Crippen LogP contribution in [0.4, 0.5) is 5.69 Å². The molecule has 2 aromatic rings. The lowest BCUT2D eigenvalue weighted by atomic mass is 10.2. The predicted molar refractivity (Wildman–Crippen MR) is 111 cm³/mol. The summed E-state index contributed by atoms with van der Waals surface area (Å²) in [4.78, 5) is 26.4. The van der Waals surface area contributed by atoms with Crippen molar-refractivity contribution < 1.29 is 9.59 Å². The van der Waals surface area contributed by atoms with Crippen LogP contribution in [0.5, 0.6) is 0 Å². The molecule has 2 amide bonds. The number of nitrogens with zero attached hydrogens (tertiary/aromatic N) is 1. The van der Waals surface area contributed by atoms with Crippen LogP contribution in [-0.2, 0) is 16.1 Å². The van der Waals surface area contributed by atoms with Crippen molar-refractivity contribution in [1.29, 1.82) is 0 Å². The summed E-state index contributed by atoms with van der Waals surface area (Å²) in [5.41, 5.74) is 2.01. The molecule has 1 aliphatic heterocycles. The first-order valence-electron chi connectivity index (χ1n) is 8.46. The molecule has 3 rings (SSSR count). The monoisotopic (exact) mass is 423 g/mol. The fourth-order valence-corrected chi connectivity index (χ4v) is 3.99. The molecule has 0 saturated carbocycles. The van der Waals surface area contributed by atoms with Crippen molar-refractivity contribution in [3.63, 3.8) is 0 Å². The minimum atomic E-state index is -0.0761. The van der Waals surface area contributed by atoms with Crippen molar-refractivity contribution in [1.82, 2.24) is 10.6 Å². The Labute approximate surface area is 172 Å². The molecule has 0 aromatic heterocycles. The number of thioether (sulfide) groups is 1. The van der Waals surface area contributed by atoms with Crippen molar-refractivity contribution in [2.75, 3.05) is 30.3 Å². The van der Waals surface area contributed by atoms with E-state index < -0.39 is 0 Å². The van der Waals surface area contributed by atoms with Gasteiger partial charge >= 0.3 is 0 Å². The zero-order chi connectivity index (χ0) is 19.2. The Morgan fingerprint density at radius 3 is 2.70 bits per heavy atom. The lowest BCUT2D eigenvalue weighted by Gasteiger charge is -2.28. The van der Waals surface area contributed by atoms with Gasteiger partial charge in [-0.25, -0.2) is 0 Å². The summed E-state index contributed by atoms with van der Waals surface area (Å²) in [5, 5.41) is 6.88. The first-order valence-corrected chi connectivity index (χ1v) is 10.2. The molecule has 0 radical (unpaired) electrons. The number of carbonyl (C=O) groups excluding carboxylic acids is 2. The van der Waals surface area contributed by atoms with Gasteiger partial charge in [0.25, 0.3) is 0 Å². The summed E-state index contributed by atoms with van der Waals surface area (Å²) in [6.45, 7) is 2.28. The largest absolute Gasteiger partial charge is 0.360 e. The second-order valence-corrected chi connectivity index (χ2v) is 7.94. The zero-order valence-electron chi connectivity index (χ0n) is 14.5. The van der Waals surface area contributed by atoms with Gasteiger partial charge in [-0.1, -0.05) is 35.3 Å². The predicted octanol–water partition coefficient (Wildman–Crippen LogP) is 3.34. The van der Waals surface area contributed by atoms with Crippen molar-refractivity contribution in [2.45, 2.75) is 11.4 Å². The molecule has 0 unspecified atom stereocenters. The third kappa shape index (κ3) is 5.79. The second-order valence-electron chi connectivity index (χ2n) is 6.08. The van der Waals surface area contributed by atoms with E-state index in [1.807, 2.05) is 29.2 Å². The maximum atomic E-state index is 12.1. The Hall–Kier alpha value is -1.89. The van der Waals surface area contributed by atoms with Gasteiger partial charge in [-0.3, -0.25) is 9.59 Å². The number of carbonyl (C=O) groups is 2. The highest BCUT2D eigenvalue weighted by Crippen LogP contribution is 2.29. The maximum absolute atomic E-state index is 12.1. The average molecular weight is 424 g/mol. The summed E-state index contributed by atoms with van der Waals surface area (Å²) in [5.74, 6) is 0.226. The Morgan fingerprint density at radius 1 is 1.19 bits per heavy atom. The van der Waals surface area contributed by atoms with E-state index in [2.05, 4.69) is 10.6 Å². The molecular weight excluding hydrogens is 405 g/mol. The molecular formula is C19H19Cl2N3O2S. The molecule has 0 aliphatic carbocycles. The summed E-state index contributed by atoms with van der Waals surface area (Å²) >= 11 is 13.4. The molecule has 1 fully saturated rings. The van der Waals surface area contributed by atoms with Gasteiger partial charge in [0.05, 0.1) is 17.3 Å². The van der Waals surface area contributed by atoms with Gasteiger partial charge in [0.1, 0.15) is 0 Å². The quantitative estimate of drug-likeness (QED) is 0.699. The summed E-state index contributed by atoms with van der Waals surface area (Å²) in [6.07, 6.45) is 0. The summed E-state index contributed by atoms with van der Waals surface area (Å²) in [6, 6.07) is 13.1. The number of anilines is 1. The van der Waals surface area contributed by atoms with E-state index in [1.165, 1.54) is 11.8 Å². The highest BCUT2D eigenvalue weighted by Gasteiger charge is 2.16. The van der Waals surface area contributed by atoms with Gasteiger partial charge in [-0.2, -0.15) is 0 Å². The third-order valence-corrected chi connectivity index (χ3v) is 5.81. The van der Waals surface area contributed by atoms with E-state index in [4.69, 9.17) is 23.2 Å². The van der Waals surface area contributed by atoms with Gasteiger partial charge in [-0.15, -0.1) is 11.8 Å². The summed E-state index contributed by atoms with van der Waals surface area (Å²) in [7, 11) is 0. The number of nitrogens with one attached hydrogen (secondary N) is 2. The molecule has 0 bridgehead atoms. The number of rotatable bonds is 6. The van der Waals surface area contributed by atoms with Crippen LogP contribution in [0.25, 0.3) is 0 Å². The highest BCUT2D eigenvalue weighted by atomic mass is 35.5. The smallest absolute Gasteiger partial charge is 0.239 e. The van der Waals surface area contributed by atoms with Crippen LogP contribution in [0, 0.1) is 0 Å². The van der Waals surface area contributed by atoms with Gasteiger partial charge in [0, 0.05) is 35.2 Å². The Balaban J connectivity index is 1.47. The normalized spacial score (nSPS) is 14.0.